The first-order valence-corrected chi connectivity index (χ1v) is 9.45. The molecule has 0 aliphatic heterocycles. The molecule has 2 aromatic carbocycles. The number of ether oxygens (including phenoxy) is 1. The van der Waals surface area contributed by atoms with Gasteiger partial charge in [0.25, 0.3) is 0 Å². The average molecular weight is 338 g/mol. The van der Waals surface area contributed by atoms with Crippen molar-refractivity contribution in [1.29, 1.82) is 0 Å². The number of hydrogen-bond acceptors (Lipinski definition) is 2. The lowest BCUT2D eigenvalue weighted by Crippen LogP contribution is -2.38. The molecule has 0 aliphatic rings. The molecule has 0 N–H and O–H groups in total. The van der Waals surface area contributed by atoms with Gasteiger partial charge in [-0.25, -0.2) is 0 Å². The van der Waals surface area contributed by atoms with Crippen molar-refractivity contribution in [3.8, 4) is 0 Å². The first-order chi connectivity index (χ1) is 12.3. The Bertz CT molecular complexity index is 580. The SMILES string of the molecule is CCCCCCCCC(C(=O)OC)(c1ccccc1)c1ccccc1. The van der Waals surface area contributed by atoms with E-state index in [4.69, 9.17) is 4.74 Å². The Kier molecular flexibility index (Phi) is 7.72. The van der Waals surface area contributed by atoms with Crippen molar-refractivity contribution in [2.24, 2.45) is 0 Å². The second-order valence-electron chi connectivity index (χ2n) is 6.65. The van der Waals surface area contributed by atoms with Crippen molar-refractivity contribution < 1.29 is 9.53 Å². The molecule has 0 heterocycles. The van der Waals surface area contributed by atoms with Gasteiger partial charge in [-0.2, -0.15) is 0 Å². The van der Waals surface area contributed by atoms with Gasteiger partial charge in [0, 0.05) is 0 Å². The summed E-state index contributed by atoms with van der Waals surface area (Å²) in [4.78, 5) is 13.0. The van der Waals surface area contributed by atoms with Crippen molar-refractivity contribution in [2.45, 2.75) is 57.3 Å². The molecule has 0 spiro atoms. The number of carbonyl (C=O) groups is 1. The normalized spacial score (nSPS) is 11.3. The lowest BCUT2D eigenvalue weighted by Gasteiger charge is -2.32. The zero-order chi connectivity index (χ0) is 18.0. The Morgan fingerprint density at radius 3 is 1.76 bits per heavy atom. The summed E-state index contributed by atoms with van der Waals surface area (Å²) >= 11 is 0. The molecule has 0 radical (unpaired) electrons. The third-order valence-corrected chi connectivity index (χ3v) is 4.97. The quantitative estimate of drug-likeness (QED) is 0.398. The largest absolute Gasteiger partial charge is 0.468 e. The smallest absolute Gasteiger partial charge is 0.320 e. The van der Waals surface area contributed by atoms with E-state index in [0.29, 0.717) is 0 Å². The fraction of sp³-hybridized carbons (Fsp3) is 0.435. The van der Waals surface area contributed by atoms with E-state index < -0.39 is 5.41 Å². The van der Waals surface area contributed by atoms with Crippen LogP contribution >= 0.6 is 0 Å². The van der Waals surface area contributed by atoms with Gasteiger partial charge in [0.1, 0.15) is 5.41 Å². The highest BCUT2D eigenvalue weighted by Crippen LogP contribution is 2.38. The van der Waals surface area contributed by atoms with E-state index in [1.807, 2.05) is 60.7 Å². The number of methoxy groups -OCH3 is 1. The summed E-state index contributed by atoms with van der Waals surface area (Å²) in [6, 6.07) is 20.1. The van der Waals surface area contributed by atoms with Crippen molar-refractivity contribution in [3.05, 3.63) is 71.8 Å². The number of unbranched alkanes of at least 4 members (excludes halogenated alkanes) is 5. The van der Waals surface area contributed by atoms with Crippen LogP contribution in [0.3, 0.4) is 0 Å². The van der Waals surface area contributed by atoms with Crippen molar-refractivity contribution in [1.82, 2.24) is 0 Å². The topological polar surface area (TPSA) is 26.3 Å². The van der Waals surface area contributed by atoms with Gasteiger partial charge in [0.05, 0.1) is 7.11 Å². The van der Waals surface area contributed by atoms with E-state index in [0.717, 1.165) is 30.4 Å². The first kappa shape index (κ1) is 19.2. The van der Waals surface area contributed by atoms with Crippen molar-refractivity contribution in [2.75, 3.05) is 7.11 Å². The van der Waals surface area contributed by atoms with Crippen molar-refractivity contribution >= 4 is 5.97 Å². The van der Waals surface area contributed by atoms with Crippen LogP contribution in [0.25, 0.3) is 0 Å². The summed E-state index contributed by atoms with van der Waals surface area (Å²) in [5.41, 5.74) is 1.31. The highest BCUT2D eigenvalue weighted by Gasteiger charge is 2.42. The van der Waals surface area contributed by atoms with Gasteiger partial charge in [0.15, 0.2) is 0 Å². The number of hydrogen-bond donors (Lipinski definition) is 0. The van der Waals surface area contributed by atoms with E-state index in [9.17, 15) is 4.79 Å². The number of esters is 1. The molecule has 2 nitrogen and oxygen atoms in total. The van der Waals surface area contributed by atoms with Crippen LogP contribution in [0.4, 0.5) is 0 Å². The predicted molar refractivity (Wildman–Crippen MR) is 104 cm³/mol. The van der Waals surface area contributed by atoms with E-state index >= 15 is 0 Å². The summed E-state index contributed by atoms with van der Waals surface area (Å²) in [7, 11) is 1.49. The highest BCUT2D eigenvalue weighted by molar-refractivity contribution is 5.87. The van der Waals surface area contributed by atoms with Crippen LogP contribution in [0, 0.1) is 0 Å². The summed E-state index contributed by atoms with van der Waals surface area (Å²) in [6.45, 7) is 2.23. The van der Waals surface area contributed by atoms with Gasteiger partial charge in [-0.1, -0.05) is 106 Å². The lowest BCUT2D eigenvalue weighted by molar-refractivity contribution is -0.146. The molecule has 2 heteroatoms. The molecule has 0 unspecified atom stereocenters. The molecule has 134 valence electrons. The molecule has 2 aromatic rings. The maximum atomic E-state index is 13.0. The zero-order valence-electron chi connectivity index (χ0n) is 15.5. The van der Waals surface area contributed by atoms with Crippen molar-refractivity contribution in [3.63, 3.8) is 0 Å². The third-order valence-electron chi connectivity index (χ3n) is 4.97. The predicted octanol–water partition coefficient (Wildman–Crippen LogP) is 5.90. The Labute approximate surface area is 152 Å². The van der Waals surface area contributed by atoms with Gasteiger partial charge in [-0.05, 0) is 17.5 Å². The molecule has 0 aromatic heterocycles. The van der Waals surface area contributed by atoms with Gasteiger partial charge in [-0.15, -0.1) is 0 Å². The highest BCUT2D eigenvalue weighted by atomic mass is 16.5. The molecule has 0 atom stereocenters. The molecular weight excluding hydrogens is 308 g/mol. The monoisotopic (exact) mass is 338 g/mol. The van der Waals surface area contributed by atoms with Gasteiger partial charge < -0.3 is 4.74 Å². The Balaban J connectivity index is 2.30. The Morgan fingerprint density at radius 1 is 0.800 bits per heavy atom. The maximum absolute atomic E-state index is 13.0. The molecule has 2 rings (SSSR count). The lowest BCUT2D eigenvalue weighted by atomic mass is 9.71. The fourth-order valence-electron chi connectivity index (χ4n) is 3.58. The van der Waals surface area contributed by atoms with Gasteiger partial charge in [-0.3, -0.25) is 4.79 Å². The number of benzene rings is 2. The van der Waals surface area contributed by atoms with E-state index in [2.05, 4.69) is 6.92 Å². The summed E-state index contributed by atoms with van der Waals surface area (Å²) < 4.78 is 5.28. The second-order valence-corrected chi connectivity index (χ2v) is 6.65. The van der Waals surface area contributed by atoms with E-state index in [1.165, 1.54) is 32.8 Å². The standard InChI is InChI=1S/C23H30O2/c1-3-4-5-6-7-14-19-23(22(24)25-2,20-15-10-8-11-16-20)21-17-12-9-13-18-21/h8-13,15-18H,3-7,14,19H2,1-2H3. The molecule has 0 amide bonds. The molecule has 0 fully saturated rings. The summed E-state index contributed by atoms with van der Waals surface area (Å²) in [5, 5.41) is 0. The molecule has 0 bridgehead atoms. The number of rotatable bonds is 10. The van der Waals surface area contributed by atoms with Crippen LogP contribution in [-0.2, 0) is 14.9 Å². The van der Waals surface area contributed by atoms with Crippen LogP contribution < -0.4 is 0 Å². The molecule has 25 heavy (non-hydrogen) atoms. The molecule has 0 saturated carbocycles. The van der Waals surface area contributed by atoms with Gasteiger partial charge in [0.2, 0.25) is 0 Å². The summed E-state index contributed by atoms with van der Waals surface area (Å²) in [5.74, 6) is -0.168. The fourth-order valence-corrected chi connectivity index (χ4v) is 3.58. The van der Waals surface area contributed by atoms with E-state index in [1.54, 1.807) is 0 Å². The average Bonchev–Trinajstić information content (AvgIpc) is 2.68. The minimum Gasteiger partial charge on any atom is -0.468 e. The molecule has 0 saturated heterocycles. The third kappa shape index (κ3) is 4.72. The zero-order valence-corrected chi connectivity index (χ0v) is 15.5. The summed E-state index contributed by atoms with van der Waals surface area (Å²) in [6.07, 6.45) is 7.99. The van der Waals surface area contributed by atoms with Crippen LogP contribution in [0.15, 0.2) is 60.7 Å². The Hall–Kier alpha value is -2.09. The molecule has 0 aliphatic carbocycles. The first-order valence-electron chi connectivity index (χ1n) is 9.45. The van der Waals surface area contributed by atoms with Crippen LogP contribution in [0.5, 0.6) is 0 Å². The van der Waals surface area contributed by atoms with Gasteiger partial charge >= 0.3 is 5.97 Å². The molecular formula is C23H30O2. The van der Waals surface area contributed by atoms with Crippen LogP contribution in [0.2, 0.25) is 0 Å². The Morgan fingerprint density at radius 2 is 1.28 bits per heavy atom. The van der Waals surface area contributed by atoms with Crippen LogP contribution in [-0.4, -0.2) is 13.1 Å². The minimum absolute atomic E-state index is 0.168. The van der Waals surface area contributed by atoms with Crippen LogP contribution in [0.1, 0.15) is 63.0 Å². The minimum atomic E-state index is -0.720. The van der Waals surface area contributed by atoms with E-state index in [-0.39, 0.29) is 5.97 Å². The number of carbonyl (C=O) groups excluding carboxylic acids is 1. The maximum Gasteiger partial charge on any atom is 0.320 e. The second kappa shape index (κ2) is 10.0.